The average molecular weight is 296 g/mol. The van der Waals surface area contributed by atoms with Crippen LogP contribution in [0.4, 0.5) is 0 Å². The second-order valence-electron chi connectivity index (χ2n) is 6.69. The van der Waals surface area contributed by atoms with E-state index >= 15 is 0 Å². The molecule has 0 bridgehead atoms. The maximum Gasteiger partial charge on any atom is 0.225 e. The molecule has 1 atom stereocenters. The Kier molecular flexibility index (Phi) is 6.97. The molecule has 1 amide bonds. The Hall–Kier alpha value is -0.610. The average Bonchev–Trinajstić information content (AvgIpc) is 2.53. The summed E-state index contributed by atoms with van der Waals surface area (Å²) in [5.74, 6) is 1.53. The third kappa shape index (κ3) is 4.96. The normalized spacial score (nSPS) is 30.4. The maximum absolute atomic E-state index is 12.7. The van der Waals surface area contributed by atoms with Gasteiger partial charge in [0.25, 0.3) is 0 Å². The van der Waals surface area contributed by atoms with E-state index in [0.717, 1.165) is 38.4 Å². The summed E-state index contributed by atoms with van der Waals surface area (Å²) in [5.41, 5.74) is 0. The van der Waals surface area contributed by atoms with Crippen LogP contribution in [0, 0.1) is 11.8 Å². The topological polar surface area (TPSA) is 41.6 Å². The Labute approximate surface area is 129 Å². The van der Waals surface area contributed by atoms with Gasteiger partial charge in [0.2, 0.25) is 5.91 Å². The zero-order valence-corrected chi connectivity index (χ0v) is 13.8. The highest BCUT2D eigenvalue weighted by atomic mass is 16.5. The van der Waals surface area contributed by atoms with Crippen LogP contribution in [0.2, 0.25) is 0 Å². The molecule has 1 aliphatic carbocycles. The third-order valence-corrected chi connectivity index (χ3v) is 5.04. The van der Waals surface area contributed by atoms with Gasteiger partial charge in [0.1, 0.15) is 0 Å². The van der Waals surface area contributed by atoms with Crippen molar-refractivity contribution in [2.75, 3.05) is 33.3 Å². The summed E-state index contributed by atoms with van der Waals surface area (Å²) >= 11 is 0. The molecule has 4 nitrogen and oxygen atoms in total. The molecule has 122 valence electrons. The van der Waals surface area contributed by atoms with Gasteiger partial charge in [-0.1, -0.05) is 26.2 Å². The highest BCUT2D eigenvalue weighted by Crippen LogP contribution is 2.33. The van der Waals surface area contributed by atoms with Gasteiger partial charge in [-0.2, -0.15) is 0 Å². The summed E-state index contributed by atoms with van der Waals surface area (Å²) < 4.78 is 5.69. The van der Waals surface area contributed by atoms with Gasteiger partial charge in [0.05, 0.1) is 12.7 Å². The molecule has 2 fully saturated rings. The number of likely N-dealkylation sites (N-methyl/N-ethyl adjacent to an activating group) is 1. The first-order valence-electron chi connectivity index (χ1n) is 8.79. The number of morpholine rings is 1. The molecule has 0 spiro atoms. The first kappa shape index (κ1) is 16.8. The molecule has 1 aliphatic heterocycles. The van der Waals surface area contributed by atoms with Gasteiger partial charge in [-0.3, -0.25) is 4.79 Å². The van der Waals surface area contributed by atoms with Crippen LogP contribution in [0.15, 0.2) is 0 Å². The van der Waals surface area contributed by atoms with E-state index < -0.39 is 0 Å². The molecule has 4 heteroatoms. The quantitative estimate of drug-likeness (QED) is 0.818. The van der Waals surface area contributed by atoms with Crippen molar-refractivity contribution < 1.29 is 9.53 Å². The van der Waals surface area contributed by atoms with Crippen molar-refractivity contribution in [3.8, 4) is 0 Å². The van der Waals surface area contributed by atoms with E-state index in [4.69, 9.17) is 4.74 Å². The Morgan fingerprint density at radius 1 is 1.29 bits per heavy atom. The molecule has 0 aromatic rings. The number of ether oxygens (including phenoxy) is 1. The van der Waals surface area contributed by atoms with E-state index in [1.165, 1.54) is 32.1 Å². The van der Waals surface area contributed by atoms with Gasteiger partial charge in [-0.15, -0.1) is 0 Å². The summed E-state index contributed by atoms with van der Waals surface area (Å²) in [6.45, 7) is 5.30. The summed E-state index contributed by atoms with van der Waals surface area (Å²) in [5, 5.41) is 3.14. The molecule has 2 rings (SSSR count). The van der Waals surface area contributed by atoms with Crippen LogP contribution in [0.3, 0.4) is 0 Å². The van der Waals surface area contributed by atoms with Crippen molar-refractivity contribution in [1.82, 2.24) is 10.2 Å². The highest BCUT2D eigenvalue weighted by molar-refractivity contribution is 5.79. The van der Waals surface area contributed by atoms with E-state index in [1.54, 1.807) is 0 Å². The number of nitrogens with one attached hydrogen (secondary N) is 1. The smallest absolute Gasteiger partial charge is 0.225 e. The molecular weight excluding hydrogens is 264 g/mol. The number of carbonyl (C=O) groups excluding carboxylic acids is 1. The lowest BCUT2D eigenvalue weighted by atomic mass is 9.79. The summed E-state index contributed by atoms with van der Waals surface area (Å²) in [6.07, 6.45) is 8.86. The van der Waals surface area contributed by atoms with Crippen LogP contribution in [0.1, 0.15) is 51.9 Å². The maximum atomic E-state index is 12.7. The van der Waals surface area contributed by atoms with Crippen LogP contribution in [-0.4, -0.2) is 50.2 Å². The fourth-order valence-corrected chi connectivity index (χ4v) is 3.72. The minimum absolute atomic E-state index is 0.161. The molecule has 1 heterocycles. The Bertz CT molecular complexity index is 312. The number of rotatable bonds is 6. The van der Waals surface area contributed by atoms with Crippen LogP contribution in [0.25, 0.3) is 0 Å². The molecule has 1 saturated heterocycles. The second kappa shape index (κ2) is 8.74. The number of hydrogen-bond acceptors (Lipinski definition) is 3. The van der Waals surface area contributed by atoms with E-state index in [-0.39, 0.29) is 12.0 Å². The Morgan fingerprint density at radius 3 is 2.71 bits per heavy atom. The summed E-state index contributed by atoms with van der Waals surface area (Å²) in [4.78, 5) is 14.7. The van der Waals surface area contributed by atoms with Crippen LogP contribution in [0.5, 0.6) is 0 Å². The summed E-state index contributed by atoms with van der Waals surface area (Å²) in [7, 11) is 1.93. The number of nitrogens with zero attached hydrogens (tertiary/aromatic N) is 1. The van der Waals surface area contributed by atoms with Crippen molar-refractivity contribution in [1.29, 1.82) is 0 Å². The molecule has 21 heavy (non-hydrogen) atoms. The predicted octanol–water partition coefficient (Wildman–Crippen LogP) is 2.43. The lowest BCUT2D eigenvalue weighted by molar-refractivity contribution is -0.144. The SMILES string of the molecule is CCCCC1CCC(C(=O)N2CCOC(CNC)C2)CC1. The molecule has 2 aliphatic rings. The van der Waals surface area contributed by atoms with Crippen molar-refractivity contribution >= 4 is 5.91 Å². The van der Waals surface area contributed by atoms with Gasteiger partial charge in [-0.25, -0.2) is 0 Å². The van der Waals surface area contributed by atoms with E-state index in [0.29, 0.717) is 12.5 Å². The molecule has 0 radical (unpaired) electrons. The third-order valence-electron chi connectivity index (χ3n) is 5.04. The van der Waals surface area contributed by atoms with Crippen LogP contribution >= 0.6 is 0 Å². The Balaban J connectivity index is 1.76. The number of carbonyl (C=O) groups is 1. The molecule has 0 aromatic heterocycles. The lowest BCUT2D eigenvalue weighted by Gasteiger charge is -2.37. The first-order chi connectivity index (χ1) is 10.2. The van der Waals surface area contributed by atoms with Gasteiger partial charge in [0, 0.05) is 25.6 Å². The second-order valence-corrected chi connectivity index (χ2v) is 6.69. The molecular formula is C17H32N2O2. The van der Waals surface area contributed by atoms with Crippen LogP contribution < -0.4 is 5.32 Å². The fourth-order valence-electron chi connectivity index (χ4n) is 3.72. The van der Waals surface area contributed by atoms with Gasteiger partial charge in [-0.05, 0) is 38.6 Å². The van der Waals surface area contributed by atoms with Crippen molar-refractivity contribution in [3.63, 3.8) is 0 Å². The standard InChI is InChI=1S/C17H32N2O2/c1-3-4-5-14-6-8-15(9-7-14)17(20)19-10-11-21-16(13-19)12-18-2/h14-16,18H,3-13H2,1-2H3. The van der Waals surface area contributed by atoms with Crippen molar-refractivity contribution in [3.05, 3.63) is 0 Å². The largest absolute Gasteiger partial charge is 0.373 e. The predicted molar refractivity (Wildman–Crippen MR) is 85.2 cm³/mol. The zero-order chi connectivity index (χ0) is 15.1. The zero-order valence-electron chi connectivity index (χ0n) is 13.8. The minimum atomic E-state index is 0.161. The van der Waals surface area contributed by atoms with Crippen LogP contribution in [-0.2, 0) is 9.53 Å². The fraction of sp³-hybridized carbons (Fsp3) is 0.941. The number of hydrogen-bond donors (Lipinski definition) is 1. The van der Waals surface area contributed by atoms with E-state index in [9.17, 15) is 4.79 Å². The number of unbranched alkanes of at least 4 members (excludes halogenated alkanes) is 1. The highest BCUT2D eigenvalue weighted by Gasteiger charge is 2.31. The van der Waals surface area contributed by atoms with Crippen molar-refractivity contribution in [2.45, 2.75) is 58.0 Å². The molecule has 1 N–H and O–H groups in total. The van der Waals surface area contributed by atoms with E-state index in [1.807, 2.05) is 11.9 Å². The molecule has 1 saturated carbocycles. The van der Waals surface area contributed by atoms with Gasteiger partial charge < -0.3 is 15.0 Å². The van der Waals surface area contributed by atoms with Crippen molar-refractivity contribution in [2.24, 2.45) is 11.8 Å². The molecule has 0 aromatic carbocycles. The van der Waals surface area contributed by atoms with E-state index in [2.05, 4.69) is 12.2 Å². The van der Waals surface area contributed by atoms with Gasteiger partial charge in [0.15, 0.2) is 0 Å². The number of amides is 1. The summed E-state index contributed by atoms with van der Waals surface area (Å²) in [6, 6.07) is 0. The molecule has 1 unspecified atom stereocenters. The Morgan fingerprint density at radius 2 is 2.05 bits per heavy atom. The van der Waals surface area contributed by atoms with Gasteiger partial charge >= 0.3 is 0 Å². The lowest BCUT2D eigenvalue weighted by Crippen LogP contribution is -2.50. The minimum Gasteiger partial charge on any atom is -0.373 e. The monoisotopic (exact) mass is 296 g/mol. The first-order valence-corrected chi connectivity index (χ1v) is 8.79.